The van der Waals surface area contributed by atoms with Crippen LogP contribution in [0.3, 0.4) is 0 Å². The van der Waals surface area contributed by atoms with E-state index in [4.69, 9.17) is 21.1 Å². The Morgan fingerprint density at radius 1 is 1.15 bits per heavy atom. The molecule has 0 unspecified atom stereocenters. The van der Waals surface area contributed by atoms with Gasteiger partial charge in [0.1, 0.15) is 18.1 Å². The first-order valence-corrected chi connectivity index (χ1v) is 13.8. The number of anilines is 1. The number of cyclic esters (lactones) is 1. The van der Waals surface area contributed by atoms with Crippen LogP contribution in [0.1, 0.15) is 69.2 Å². The van der Waals surface area contributed by atoms with Crippen LogP contribution in [0.4, 0.5) is 5.69 Å². The molecule has 3 N–H and O–H groups in total. The van der Waals surface area contributed by atoms with Gasteiger partial charge >= 0.3 is 5.97 Å². The van der Waals surface area contributed by atoms with Crippen LogP contribution in [0, 0.1) is 5.92 Å². The Kier molecular flexibility index (Phi) is 9.45. The van der Waals surface area contributed by atoms with Gasteiger partial charge in [-0.2, -0.15) is 0 Å². The third-order valence-corrected chi connectivity index (χ3v) is 7.67. The molecule has 2 aliphatic heterocycles. The van der Waals surface area contributed by atoms with Gasteiger partial charge in [0.15, 0.2) is 0 Å². The number of nitrogens with one attached hydrogen (secondary N) is 3. The number of carbonyl (C=O) groups excluding carboxylic acids is 5. The van der Waals surface area contributed by atoms with Crippen molar-refractivity contribution < 1.29 is 33.4 Å². The van der Waals surface area contributed by atoms with E-state index < -0.39 is 42.2 Å². The molecule has 212 valence electrons. The molecule has 4 rings (SSSR count). The van der Waals surface area contributed by atoms with Crippen LogP contribution in [-0.2, 0) is 28.7 Å². The van der Waals surface area contributed by atoms with Gasteiger partial charge in [0, 0.05) is 19.0 Å². The Morgan fingerprint density at radius 3 is 2.59 bits per heavy atom. The fraction of sp³-hybridized carbons (Fsp3) is 0.593. The van der Waals surface area contributed by atoms with E-state index in [1.165, 1.54) is 42.9 Å². The van der Waals surface area contributed by atoms with Gasteiger partial charge in [0.25, 0.3) is 5.91 Å². The van der Waals surface area contributed by atoms with Crippen molar-refractivity contribution in [3.05, 3.63) is 28.8 Å². The monoisotopic (exact) mass is 562 g/mol. The van der Waals surface area contributed by atoms with E-state index in [0.717, 1.165) is 12.8 Å². The Labute approximate surface area is 232 Å². The molecule has 39 heavy (non-hydrogen) atoms. The van der Waals surface area contributed by atoms with Gasteiger partial charge in [-0.15, -0.1) is 0 Å². The molecule has 11 nitrogen and oxygen atoms in total. The first kappa shape index (κ1) is 28.8. The molecule has 12 heteroatoms. The molecule has 1 aromatic carbocycles. The predicted molar refractivity (Wildman–Crippen MR) is 142 cm³/mol. The summed E-state index contributed by atoms with van der Waals surface area (Å²) in [5.74, 6) is -1.58. The lowest BCUT2D eigenvalue weighted by atomic mass is 10.1. The van der Waals surface area contributed by atoms with E-state index in [9.17, 15) is 24.0 Å². The Hall–Kier alpha value is -3.18. The average molecular weight is 563 g/mol. The number of hydrogen-bond donors (Lipinski definition) is 3. The summed E-state index contributed by atoms with van der Waals surface area (Å²) < 4.78 is 11.1. The van der Waals surface area contributed by atoms with Crippen LogP contribution in [0.25, 0.3) is 0 Å². The standard InChI is InChI=1S/C27H35ClN4O7/c1-15(29-24(35)18-9-10-20(19(28)12-18)30-16(2)33)26(37)32-11-5-8-22(32)25(36)31-21-13-23(34)39-27(21)38-14-17-6-3-4-7-17/h9-10,12,15,17,21-22,27H,3-8,11,13-14H2,1-2H3,(H,29,35)(H,30,33)(H,31,36)/t15-,21-,22-,27+/m0/s1. The third-order valence-electron chi connectivity index (χ3n) is 7.36. The van der Waals surface area contributed by atoms with Crippen LogP contribution in [-0.4, -0.2) is 72.1 Å². The molecule has 2 heterocycles. The van der Waals surface area contributed by atoms with Crippen molar-refractivity contribution >= 4 is 46.9 Å². The molecular formula is C27H35ClN4O7. The number of ether oxygens (including phenoxy) is 2. The number of hydrogen-bond acceptors (Lipinski definition) is 7. The first-order valence-electron chi connectivity index (χ1n) is 13.4. The number of benzene rings is 1. The minimum atomic E-state index is -0.904. The van der Waals surface area contributed by atoms with E-state index in [-0.39, 0.29) is 28.8 Å². The van der Waals surface area contributed by atoms with Crippen LogP contribution in [0.5, 0.6) is 0 Å². The van der Waals surface area contributed by atoms with Gasteiger partial charge in [0.05, 0.1) is 23.7 Å². The number of rotatable bonds is 9. The maximum Gasteiger partial charge on any atom is 0.310 e. The second kappa shape index (κ2) is 12.8. The highest BCUT2D eigenvalue weighted by atomic mass is 35.5. The molecule has 3 fully saturated rings. The van der Waals surface area contributed by atoms with Crippen LogP contribution < -0.4 is 16.0 Å². The van der Waals surface area contributed by atoms with Crippen molar-refractivity contribution in [1.82, 2.24) is 15.5 Å². The molecule has 1 aromatic rings. The summed E-state index contributed by atoms with van der Waals surface area (Å²) in [6.07, 6.45) is 4.78. The van der Waals surface area contributed by atoms with E-state index in [1.807, 2.05) is 0 Å². The molecule has 4 atom stereocenters. The summed E-state index contributed by atoms with van der Waals surface area (Å²) in [7, 11) is 0. The Morgan fingerprint density at radius 2 is 1.90 bits per heavy atom. The summed E-state index contributed by atoms with van der Waals surface area (Å²) in [5, 5.41) is 8.27. The molecule has 1 saturated carbocycles. The third kappa shape index (κ3) is 7.27. The van der Waals surface area contributed by atoms with Crippen LogP contribution in [0.15, 0.2) is 18.2 Å². The van der Waals surface area contributed by atoms with Gasteiger partial charge < -0.3 is 30.3 Å². The van der Waals surface area contributed by atoms with E-state index in [0.29, 0.717) is 37.6 Å². The van der Waals surface area contributed by atoms with Crippen molar-refractivity contribution in [2.24, 2.45) is 5.92 Å². The van der Waals surface area contributed by atoms with Crippen LogP contribution >= 0.6 is 11.6 Å². The van der Waals surface area contributed by atoms with Gasteiger partial charge in [-0.05, 0) is 56.7 Å². The van der Waals surface area contributed by atoms with Gasteiger partial charge in [-0.3, -0.25) is 24.0 Å². The first-order chi connectivity index (χ1) is 18.6. The summed E-state index contributed by atoms with van der Waals surface area (Å²) in [4.78, 5) is 63.8. The van der Waals surface area contributed by atoms with E-state index in [1.54, 1.807) is 6.92 Å². The largest absolute Gasteiger partial charge is 0.433 e. The van der Waals surface area contributed by atoms with Crippen molar-refractivity contribution in [2.75, 3.05) is 18.5 Å². The summed E-state index contributed by atoms with van der Waals surface area (Å²) >= 11 is 6.16. The normalized spacial score (nSPS) is 23.8. The Balaban J connectivity index is 1.32. The predicted octanol–water partition coefficient (Wildman–Crippen LogP) is 2.37. The SMILES string of the molecule is CC(=O)Nc1ccc(C(=O)N[C@@H](C)C(=O)N2CCC[C@H]2C(=O)N[C@H]2CC(=O)O[C@H]2OCC2CCCC2)cc1Cl. The molecule has 4 amide bonds. The lowest BCUT2D eigenvalue weighted by Gasteiger charge is -2.28. The highest BCUT2D eigenvalue weighted by Crippen LogP contribution is 2.27. The highest BCUT2D eigenvalue weighted by molar-refractivity contribution is 6.34. The molecular weight excluding hydrogens is 528 g/mol. The fourth-order valence-corrected chi connectivity index (χ4v) is 5.56. The van der Waals surface area contributed by atoms with Crippen molar-refractivity contribution in [3.8, 4) is 0 Å². The number of amides is 4. The molecule has 2 saturated heterocycles. The number of halogens is 1. The smallest absolute Gasteiger partial charge is 0.310 e. The number of likely N-dealkylation sites (tertiary alicyclic amines) is 1. The summed E-state index contributed by atoms with van der Waals surface area (Å²) in [5.41, 5.74) is 0.593. The van der Waals surface area contributed by atoms with Crippen molar-refractivity contribution in [1.29, 1.82) is 0 Å². The molecule has 0 spiro atoms. The number of nitrogens with zero attached hydrogens (tertiary/aromatic N) is 1. The fourth-order valence-electron chi connectivity index (χ4n) is 5.33. The van der Waals surface area contributed by atoms with E-state index >= 15 is 0 Å². The van der Waals surface area contributed by atoms with Crippen LogP contribution in [0.2, 0.25) is 5.02 Å². The lowest BCUT2D eigenvalue weighted by molar-refractivity contribution is -0.168. The molecule has 0 radical (unpaired) electrons. The minimum Gasteiger partial charge on any atom is -0.433 e. The zero-order chi connectivity index (χ0) is 28.1. The van der Waals surface area contributed by atoms with Crippen molar-refractivity contribution in [3.63, 3.8) is 0 Å². The quantitative estimate of drug-likeness (QED) is 0.392. The maximum absolute atomic E-state index is 13.2. The minimum absolute atomic E-state index is 0.0114. The van der Waals surface area contributed by atoms with E-state index in [2.05, 4.69) is 16.0 Å². The average Bonchev–Trinajstić information content (AvgIpc) is 3.64. The zero-order valence-electron chi connectivity index (χ0n) is 22.2. The van der Waals surface area contributed by atoms with Gasteiger partial charge in [0.2, 0.25) is 24.0 Å². The lowest BCUT2D eigenvalue weighted by Crippen LogP contribution is -2.54. The summed E-state index contributed by atoms with van der Waals surface area (Å²) in [6.45, 7) is 3.75. The zero-order valence-corrected chi connectivity index (χ0v) is 22.9. The van der Waals surface area contributed by atoms with Crippen molar-refractivity contribution in [2.45, 2.75) is 83.2 Å². The maximum atomic E-state index is 13.2. The van der Waals surface area contributed by atoms with Gasteiger partial charge in [-0.25, -0.2) is 0 Å². The molecule has 1 aliphatic carbocycles. The topological polar surface area (TPSA) is 143 Å². The molecule has 3 aliphatic rings. The second-order valence-electron chi connectivity index (χ2n) is 10.4. The number of carbonyl (C=O) groups is 5. The molecule has 0 aromatic heterocycles. The number of esters is 1. The molecule has 0 bridgehead atoms. The summed E-state index contributed by atoms with van der Waals surface area (Å²) in [6, 6.07) is 2.15. The highest BCUT2D eigenvalue weighted by Gasteiger charge is 2.41. The Bertz CT molecular complexity index is 1120. The second-order valence-corrected chi connectivity index (χ2v) is 10.8. The van der Waals surface area contributed by atoms with Gasteiger partial charge in [-0.1, -0.05) is 24.4 Å².